The molecule has 0 aromatic carbocycles. The summed E-state index contributed by atoms with van der Waals surface area (Å²) in [4.78, 5) is 0. The molecular formula is C22H40O. The highest BCUT2D eigenvalue weighted by Gasteiger charge is 2.56. The predicted octanol–water partition coefficient (Wildman–Crippen LogP) is 6.20. The van der Waals surface area contributed by atoms with Gasteiger partial charge < -0.3 is 5.11 Å². The van der Waals surface area contributed by atoms with Crippen molar-refractivity contribution in [3.05, 3.63) is 0 Å². The van der Waals surface area contributed by atoms with Crippen LogP contribution in [0.4, 0.5) is 0 Å². The second kappa shape index (κ2) is 6.70. The Kier molecular flexibility index (Phi) is 5.17. The molecule has 4 rings (SSSR count). The van der Waals surface area contributed by atoms with Crippen molar-refractivity contribution in [3.8, 4) is 0 Å². The molecule has 0 heterocycles. The van der Waals surface area contributed by atoms with Gasteiger partial charge >= 0.3 is 0 Å². The van der Waals surface area contributed by atoms with Crippen molar-refractivity contribution in [2.45, 2.75) is 104 Å². The topological polar surface area (TPSA) is 20.2 Å². The first-order valence-corrected chi connectivity index (χ1v) is 10.5. The first-order valence-electron chi connectivity index (χ1n) is 10.5. The van der Waals surface area contributed by atoms with E-state index < -0.39 is 0 Å². The Labute approximate surface area is 144 Å². The Hall–Kier alpha value is -0.0400. The molecule has 1 N–H and O–H groups in total. The molecule has 1 unspecified atom stereocenters. The lowest BCUT2D eigenvalue weighted by molar-refractivity contribution is -0.103. The van der Waals surface area contributed by atoms with E-state index in [1.54, 1.807) is 65.2 Å². The molecule has 23 heavy (non-hydrogen) atoms. The number of fused-ring (bicyclic) bond motifs is 5. The highest BCUT2D eigenvalue weighted by Crippen LogP contribution is 2.66. The van der Waals surface area contributed by atoms with Gasteiger partial charge in [0.25, 0.3) is 0 Å². The summed E-state index contributed by atoms with van der Waals surface area (Å²) >= 11 is 0. The average molecular weight is 321 g/mol. The normalized spacial score (nSPS) is 48.8. The van der Waals surface area contributed by atoms with Gasteiger partial charge in [0.15, 0.2) is 0 Å². The number of hydrogen-bond acceptors (Lipinski definition) is 1. The zero-order valence-electron chi connectivity index (χ0n) is 16.1. The van der Waals surface area contributed by atoms with Gasteiger partial charge in [0.2, 0.25) is 0 Å². The summed E-state index contributed by atoms with van der Waals surface area (Å²) < 4.78 is 0. The van der Waals surface area contributed by atoms with Crippen LogP contribution in [0, 0.1) is 34.5 Å². The fourth-order valence-corrected chi connectivity index (χ4v) is 7.29. The molecule has 0 spiro atoms. The van der Waals surface area contributed by atoms with Gasteiger partial charge in [-0.1, -0.05) is 33.1 Å². The van der Waals surface area contributed by atoms with Crippen LogP contribution in [-0.4, -0.2) is 11.2 Å². The molecule has 4 saturated carbocycles. The quantitative estimate of drug-likeness (QED) is 0.563. The van der Waals surface area contributed by atoms with Crippen LogP contribution in [0.1, 0.15) is 98.3 Å². The molecule has 0 saturated heterocycles. The lowest BCUT2D eigenvalue weighted by atomic mass is 9.45. The van der Waals surface area contributed by atoms with Crippen LogP contribution in [0.5, 0.6) is 0 Å². The van der Waals surface area contributed by atoms with Gasteiger partial charge in [0, 0.05) is 6.10 Å². The van der Waals surface area contributed by atoms with Gasteiger partial charge in [0.05, 0.1) is 0 Å². The fraction of sp³-hybridized carbons (Fsp3) is 1.00. The molecule has 0 aliphatic heterocycles. The lowest BCUT2D eigenvalue weighted by Gasteiger charge is -2.60. The molecular weight excluding hydrogens is 280 g/mol. The first-order chi connectivity index (χ1) is 10.9. The Morgan fingerprint density at radius 1 is 0.783 bits per heavy atom. The molecule has 1 nitrogen and oxygen atoms in total. The fourth-order valence-electron chi connectivity index (χ4n) is 7.29. The van der Waals surface area contributed by atoms with Gasteiger partial charge in [-0.2, -0.15) is 0 Å². The summed E-state index contributed by atoms with van der Waals surface area (Å²) in [6.45, 7) is 8.78. The summed E-state index contributed by atoms with van der Waals surface area (Å²) in [5.74, 6) is 4.41. The van der Waals surface area contributed by atoms with Gasteiger partial charge in [0.1, 0.15) is 0 Å². The number of aliphatic hydroxyl groups is 1. The molecule has 0 bridgehead atoms. The van der Waals surface area contributed by atoms with Crippen LogP contribution < -0.4 is 0 Å². The smallest absolute Gasteiger partial charge is 0.0483 e. The molecule has 6 atom stereocenters. The maximum Gasteiger partial charge on any atom is 0.0483 e. The van der Waals surface area contributed by atoms with E-state index in [0.29, 0.717) is 0 Å². The minimum Gasteiger partial charge on any atom is -0.394 e. The summed E-state index contributed by atoms with van der Waals surface area (Å²) in [7, 11) is 0. The minimum absolute atomic E-state index is 0.167. The van der Waals surface area contributed by atoms with Crippen molar-refractivity contribution in [1.29, 1.82) is 0 Å². The van der Waals surface area contributed by atoms with Crippen molar-refractivity contribution < 1.29 is 5.11 Å². The lowest BCUT2D eigenvalue weighted by Crippen LogP contribution is -2.51. The van der Waals surface area contributed by atoms with Crippen molar-refractivity contribution in [3.63, 3.8) is 0 Å². The minimum atomic E-state index is -0.167. The molecule has 0 aromatic heterocycles. The SMILES string of the molecule is CC(C)O.CC12CCC[C@H]1[C@@H]1CC[C@H]3CCCC[C@]3(C)[C@H]1CC2. The number of hydrogen-bond donors (Lipinski definition) is 1. The van der Waals surface area contributed by atoms with Crippen LogP contribution in [0.3, 0.4) is 0 Å². The Morgan fingerprint density at radius 3 is 2.26 bits per heavy atom. The van der Waals surface area contributed by atoms with Crippen molar-refractivity contribution >= 4 is 0 Å². The Morgan fingerprint density at radius 2 is 1.52 bits per heavy atom. The van der Waals surface area contributed by atoms with Crippen molar-refractivity contribution in [1.82, 2.24) is 0 Å². The van der Waals surface area contributed by atoms with Crippen LogP contribution in [0.2, 0.25) is 0 Å². The van der Waals surface area contributed by atoms with E-state index in [0.717, 1.165) is 34.5 Å². The molecule has 4 aliphatic rings. The maximum absolute atomic E-state index is 8.06. The van der Waals surface area contributed by atoms with E-state index in [1.165, 1.54) is 19.3 Å². The summed E-state index contributed by atoms with van der Waals surface area (Å²) in [5, 5.41) is 8.06. The van der Waals surface area contributed by atoms with Gasteiger partial charge in [-0.05, 0) is 99.7 Å². The zero-order valence-corrected chi connectivity index (χ0v) is 16.1. The van der Waals surface area contributed by atoms with E-state index in [1.807, 2.05) is 0 Å². The third-order valence-corrected chi connectivity index (χ3v) is 8.36. The van der Waals surface area contributed by atoms with E-state index in [-0.39, 0.29) is 6.10 Å². The van der Waals surface area contributed by atoms with Gasteiger partial charge in [-0.25, -0.2) is 0 Å². The first kappa shape index (κ1) is 17.8. The highest BCUT2D eigenvalue weighted by atomic mass is 16.3. The maximum atomic E-state index is 8.06. The van der Waals surface area contributed by atoms with E-state index >= 15 is 0 Å². The molecule has 0 amide bonds. The zero-order chi connectivity index (χ0) is 16.7. The van der Waals surface area contributed by atoms with Crippen molar-refractivity contribution in [2.24, 2.45) is 34.5 Å². The number of rotatable bonds is 0. The van der Waals surface area contributed by atoms with Gasteiger partial charge in [-0.15, -0.1) is 0 Å². The molecule has 4 fully saturated rings. The largest absolute Gasteiger partial charge is 0.394 e. The van der Waals surface area contributed by atoms with Crippen LogP contribution in [-0.2, 0) is 0 Å². The van der Waals surface area contributed by atoms with E-state index in [9.17, 15) is 0 Å². The highest BCUT2D eigenvalue weighted by molar-refractivity contribution is 5.06. The van der Waals surface area contributed by atoms with E-state index in [4.69, 9.17) is 5.11 Å². The molecule has 4 aliphatic carbocycles. The standard InChI is InChI=1S/C19H32.C3H8O/c1-18-11-5-7-16(18)15-9-8-14-6-3-4-12-19(14,2)17(15)10-13-18;1-3(2)4/h14-17H,3-13H2,1-2H3;3-4H,1-2H3/t14-,15+,16+,17+,18?,19+;/m1./s1. The molecule has 134 valence electrons. The third-order valence-electron chi connectivity index (χ3n) is 8.36. The van der Waals surface area contributed by atoms with Crippen LogP contribution >= 0.6 is 0 Å². The van der Waals surface area contributed by atoms with Crippen LogP contribution in [0.25, 0.3) is 0 Å². The number of aliphatic hydroxyl groups excluding tert-OH is 1. The second-order valence-electron chi connectivity index (χ2n) is 10.1. The summed E-state index contributed by atoms with van der Waals surface area (Å²) in [6.07, 6.45) is 16.9. The second-order valence-corrected chi connectivity index (χ2v) is 10.1. The molecule has 0 aromatic rings. The third kappa shape index (κ3) is 3.24. The average Bonchev–Trinajstić information content (AvgIpc) is 2.88. The van der Waals surface area contributed by atoms with Crippen molar-refractivity contribution in [2.75, 3.05) is 0 Å². The van der Waals surface area contributed by atoms with Gasteiger partial charge in [-0.3, -0.25) is 0 Å². The monoisotopic (exact) mass is 320 g/mol. The molecule has 1 heteroatoms. The Balaban J connectivity index is 0.000000354. The van der Waals surface area contributed by atoms with E-state index in [2.05, 4.69) is 13.8 Å². The Bertz CT molecular complexity index is 400. The summed E-state index contributed by atoms with van der Waals surface area (Å²) in [5.41, 5.74) is 1.49. The van der Waals surface area contributed by atoms with Crippen LogP contribution in [0.15, 0.2) is 0 Å². The molecule has 0 radical (unpaired) electrons. The predicted molar refractivity (Wildman–Crippen MR) is 98.3 cm³/mol. The summed E-state index contributed by atoms with van der Waals surface area (Å²) in [6, 6.07) is 0.